The fourth-order valence-corrected chi connectivity index (χ4v) is 3.00. The molecule has 0 unspecified atom stereocenters. The highest BCUT2D eigenvalue weighted by Gasteiger charge is 2.11. The Balaban J connectivity index is 2.09. The molecule has 4 rings (SSSR count). The lowest BCUT2D eigenvalue weighted by Crippen LogP contribution is -2.00. The Labute approximate surface area is 130 Å². The average molecular weight is 283 g/mol. The largest absolute Gasteiger partial charge is 0.497 e. The van der Waals surface area contributed by atoms with Gasteiger partial charge in [-0.15, -0.1) is 0 Å². The Morgan fingerprint density at radius 2 is 1.55 bits per heavy atom. The summed E-state index contributed by atoms with van der Waals surface area (Å²) in [5.41, 5.74) is 4.22. The minimum atomic E-state index is 0.783. The predicted molar refractivity (Wildman–Crippen MR) is 92.7 cm³/mol. The molecule has 3 aromatic carbocycles. The van der Waals surface area contributed by atoms with Gasteiger partial charge in [0.2, 0.25) is 0 Å². The van der Waals surface area contributed by atoms with Gasteiger partial charge >= 0.3 is 0 Å². The summed E-state index contributed by atoms with van der Waals surface area (Å²) in [6.45, 7) is 0. The Kier molecular flexibility index (Phi) is 2.93. The summed E-state index contributed by atoms with van der Waals surface area (Å²) in [6, 6.07) is 22.6. The van der Waals surface area contributed by atoms with E-state index in [1.54, 1.807) is 7.11 Å². The third-order valence-electron chi connectivity index (χ3n) is 4.03. The van der Waals surface area contributed by atoms with Gasteiger partial charge in [-0.1, -0.05) is 35.8 Å². The Morgan fingerprint density at radius 3 is 2.32 bits per heavy atom. The van der Waals surface area contributed by atoms with Crippen molar-refractivity contribution in [2.24, 2.45) is 0 Å². The number of hydrogen-bond acceptors (Lipinski definition) is 1. The topological polar surface area (TPSA) is 14.2 Å². The molecule has 1 heterocycles. The summed E-state index contributed by atoms with van der Waals surface area (Å²) < 4.78 is 7.50. The molecule has 104 valence electrons. The molecule has 0 aliphatic rings. The molecule has 0 saturated heterocycles. The zero-order chi connectivity index (χ0) is 15.1. The molecular weight excluding hydrogens is 269 g/mol. The molecule has 1 aromatic heterocycles. The number of rotatable bonds is 2. The highest BCUT2D eigenvalue weighted by Crippen LogP contribution is 2.31. The molecule has 0 amide bonds. The number of fused-ring (bicyclic) bond motifs is 3. The molecule has 22 heavy (non-hydrogen) atoms. The van der Waals surface area contributed by atoms with E-state index in [0.717, 1.165) is 22.4 Å². The van der Waals surface area contributed by atoms with Gasteiger partial charge in [-0.3, -0.25) is 0 Å². The van der Waals surface area contributed by atoms with Crippen LogP contribution in [0.4, 0.5) is 0 Å². The first-order valence-electron chi connectivity index (χ1n) is 7.21. The van der Waals surface area contributed by atoms with Gasteiger partial charge in [0.1, 0.15) is 13.6 Å². The van der Waals surface area contributed by atoms with Crippen molar-refractivity contribution in [2.45, 2.75) is 0 Å². The number of hydrogen-bond donors (Lipinski definition) is 0. The van der Waals surface area contributed by atoms with Crippen LogP contribution in [0, 0.1) is 0 Å². The van der Waals surface area contributed by atoms with E-state index in [2.05, 4.69) is 47.0 Å². The average Bonchev–Trinajstić information content (AvgIpc) is 2.89. The normalized spacial score (nSPS) is 11.1. The minimum absolute atomic E-state index is 0.783. The standard InChI is InChI=1S/C19H14BNO/c1-22-15-9-7-14(8-10-15)21-18-5-3-2-4-16(18)17-12-13(20)6-11-19(17)21/h2-12H,1H3. The van der Waals surface area contributed by atoms with Gasteiger partial charge in [-0.2, -0.15) is 0 Å². The number of ether oxygens (including phenoxy) is 1. The number of aromatic nitrogens is 1. The molecule has 0 spiro atoms. The van der Waals surface area contributed by atoms with Gasteiger partial charge in [0, 0.05) is 16.5 Å². The van der Waals surface area contributed by atoms with Gasteiger partial charge in [0.25, 0.3) is 0 Å². The maximum absolute atomic E-state index is 5.97. The number of para-hydroxylation sites is 1. The van der Waals surface area contributed by atoms with Crippen molar-refractivity contribution in [3.8, 4) is 11.4 Å². The molecule has 2 radical (unpaired) electrons. The quantitative estimate of drug-likeness (QED) is 0.513. The zero-order valence-electron chi connectivity index (χ0n) is 12.3. The van der Waals surface area contributed by atoms with Crippen LogP contribution in [0.2, 0.25) is 0 Å². The van der Waals surface area contributed by atoms with Crippen LogP contribution in [0.1, 0.15) is 0 Å². The van der Waals surface area contributed by atoms with Crippen molar-refractivity contribution in [3.63, 3.8) is 0 Å². The van der Waals surface area contributed by atoms with Gasteiger partial charge in [0.15, 0.2) is 0 Å². The molecule has 0 aliphatic carbocycles. The summed E-state index contributed by atoms with van der Waals surface area (Å²) in [7, 11) is 7.65. The smallest absolute Gasteiger partial charge is 0.119 e. The first-order valence-corrected chi connectivity index (χ1v) is 7.21. The van der Waals surface area contributed by atoms with Crippen molar-refractivity contribution in [1.82, 2.24) is 4.57 Å². The minimum Gasteiger partial charge on any atom is -0.497 e. The summed E-state index contributed by atoms with van der Waals surface area (Å²) in [4.78, 5) is 0. The van der Waals surface area contributed by atoms with E-state index < -0.39 is 0 Å². The van der Waals surface area contributed by atoms with Crippen molar-refractivity contribution in [3.05, 3.63) is 66.7 Å². The second kappa shape index (κ2) is 4.95. The first kappa shape index (κ1) is 13.0. The van der Waals surface area contributed by atoms with Crippen molar-refractivity contribution in [2.75, 3.05) is 7.11 Å². The lowest BCUT2D eigenvalue weighted by molar-refractivity contribution is 0.415. The van der Waals surface area contributed by atoms with Crippen LogP contribution >= 0.6 is 0 Å². The van der Waals surface area contributed by atoms with Crippen molar-refractivity contribution in [1.29, 1.82) is 0 Å². The van der Waals surface area contributed by atoms with Gasteiger partial charge in [-0.25, -0.2) is 0 Å². The fourth-order valence-electron chi connectivity index (χ4n) is 3.00. The van der Waals surface area contributed by atoms with Crippen LogP contribution < -0.4 is 10.2 Å². The highest BCUT2D eigenvalue weighted by molar-refractivity contribution is 6.33. The highest BCUT2D eigenvalue weighted by atomic mass is 16.5. The van der Waals surface area contributed by atoms with E-state index in [-0.39, 0.29) is 0 Å². The number of methoxy groups -OCH3 is 1. The second-order valence-corrected chi connectivity index (χ2v) is 5.33. The van der Waals surface area contributed by atoms with E-state index in [1.807, 2.05) is 24.3 Å². The molecular formula is C19H14BNO. The predicted octanol–water partition coefficient (Wildman–Crippen LogP) is 3.59. The lowest BCUT2D eigenvalue weighted by Gasteiger charge is -2.08. The molecule has 0 N–H and O–H groups in total. The SMILES string of the molecule is [B]c1ccc2c(c1)c1ccccc1n2-c1ccc(OC)cc1. The van der Waals surface area contributed by atoms with Gasteiger partial charge in [-0.05, 0) is 36.4 Å². The maximum atomic E-state index is 5.97. The summed E-state index contributed by atoms with van der Waals surface area (Å²) >= 11 is 0. The maximum Gasteiger partial charge on any atom is 0.119 e. The van der Waals surface area contributed by atoms with E-state index in [4.69, 9.17) is 12.6 Å². The second-order valence-electron chi connectivity index (χ2n) is 5.33. The van der Waals surface area contributed by atoms with Crippen LogP contribution in [-0.4, -0.2) is 19.5 Å². The summed E-state index contributed by atoms with van der Waals surface area (Å²) in [6.07, 6.45) is 0. The van der Waals surface area contributed by atoms with Crippen LogP contribution in [0.25, 0.3) is 27.5 Å². The Hall–Kier alpha value is -2.68. The van der Waals surface area contributed by atoms with Crippen LogP contribution in [0.3, 0.4) is 0 Å². The fraction of sp³-hybridized carbons (Fsp3) is 0.0526. The molecule has 0 bridgehead atoms. The van der Waals surface area contributed by atoms with E-state index in [1.165, 1.54) is 16.3 Å². The summed E-state index contributed by atoms with van der Waals surface area (Å²) in [5, 5.41) is 2.38. The van der Waals surface area contributed by atoms with E-state index >= 15 is 0 Å². The van der Waals surface area contributed by atoms with Gasteiger partial charge in [0.05, 0.1) is 18.1 Å². The Bertz CT molecular complexity index is 970. The summed E-state index contributed by atoms with van der Waals surface area (Å²) in [5.74, 6) is 0.855. The van der Waals surface area contributed by atoms with E-state index in [9.17, 15) is 0 Å². The van der Waals surface area contributed by atoms with Crippen LogP contribution in [0.5, 0.6) is 5.75 Å². The third kappa shape index (κ3) is 1.90. The number of benzene rings is 3. The molecule has 0 atom stereocenters. The zero-order valence-corrected chi connectivity index (χ0v) is 12.3. The van der Waals surface area contributed by atoms with Crippen LogP contribution in [-0.2, 0) is 0 Å². The molecule has 2 nitrogen and oxygen atoms in total. The molecule has 0 aliphatic heterocycles. The van der Waals surface area contributed by atoms with E-state index in [0.29, 0.717) is 0 Å². The van der Waals surface area contributed by atoms with Crippen molar-refractivity contribution < 1.29 is 4.74 Å². The van der Waals surface area contributed by atoms with Crippen LogP contribution in [0.15, 0.2) is 66.7 Å². The monoisotopic (exact) mass is 283 g/mol. The molecule has 3 heteroatoms. The van der Waals surface area contributed by atoms with Gasteiger partial charge < -0.3 is 9.30 Å². The molecule has 4 aromatic rings. The number of nitrogens with zero attached hydrogens (tertiary/aromatic N) is 1. The van der Waals surface area contributed by atoms with Crippen molar-refractivity contribution >= 4 is 35.1 Å². The Morgan fingerprint density at radius 1 is 0.818 bits per heavy atom. The molecule has 0 saturated carbocycles. The molecule has 0 fully saturated rings. The lowest BCUT2D eigenvalue weighted by atomic mass is 9.94. The third-order valence-corrected chi connectivity index (χ3v) is 4.03. The first-order chi connectivity index (χ1) is 10.8.